The van der Waals surface area contributed by atoms with E-state index in [9.17, 15) is 5.11 Å². The van der Waals surface area contributed by atoms with Gasteiger partial charge in [0.15, 0.2) is 0 Å². The largest absolute Gasteiger partial charge is 0.466 e. The third kappa shape index (κ3) is 2.34. The van der Waals surface area contributed by atoms with Crippen molar-refractivity contribution in [2.24, 2.45) is 0 Å². The summed E-state index contributed by atoms with van der Waals surface area (Å²) in [5, 5.41) is 11.7. The average Bonchev–Trinajstić information content (AvgIpc) is 2.71. The Kier molecular flexibility index (Phi) is 3.30. The lowest BCUT2D eigenvalue weighted by Gasteiger charge is -2.12. The molecule has 0 aliphatic heterocycles. The van der Waals surface area contributed by atoms with E-state index in [0.717, 1.165) is 44.8 Å². The zero-order valence-electron chi connectivity index (χ0n) is 12.8. The predicted octanol–water partition coefficient (Wildman–Crippen LogP) is 4.14. The molecule has 3 heteroatoms. The molecule has 108 valence electrons. The van der Waals surface area contributed by atoms with Gasteiger partial charge in [0.05, 0.1) is 5.52 Å². The van der Waals surface area contributed by atoms with Crippen LogP contribution in [0.15, 0.2) is 34.7 Å². The van der Waals surface area contributed by atoms with Crippen molar-refractivity contribution < 1.29 is 9.52 Å². The van der Waals surface area contributed by atoms with E-state index in [1.54, 1.807) is 0 Å². The topological polar surface area (TPSA) is 46.3 Å². The molecule has 0 bridgehead atoms. The summed E-state index contributed by atoms with van der Waals surface area (Å²) in [6.07, 6.45) is -0.673. The van der Waals surface area contributed by atoms with Crippen molar-refractivity contribution in [1.82, 2.24) is 4.98 Å². The van der Waals surface area contributed by atoms with Crippen molar-refractivity contribution in [3.05, 3.63) is 64.2 Å². The van der Waals surface area contributed by atoms with Gasteiger partial charge in [0.25, 0.3) is 0 Å². The smallest absolute Gasteiger partial charge is 0.108 e. The van der Waals surface area contributed by atoms with E-state index < -0.39 is 6.10 Å². The highest BCUT2D eigenvalue weighted by atomic mass is 16.3. The van der Waals surface area contributed by atoms with Gasteiger partial charge in [0.2, 0.25) is 0 Å². The molecule has 0 fully saturated rings. The molecule has 2 aromatic heterocycles. The number of aryl methyl sites for hydroxylation is 3. The average molecular weight is 281 g/mol. The summed E-state index contributed by atoms with van der Waals surface area (Å²) in [6.45, 7) is 7.77. The lowest BCUT2D eigenvalue weighted by atomic mass is 9.97. The van der Waals surface area contributed by atoms with Crippen molar-refractivity contribution >= 4 is 10.9 Å². The third-order valence-electron chi connectivity index (χ3n) is 4.06. The van der Waals surface area contributed by atoms with E-state index in [-0.39, 0.29) is 0 Å². The highest BCUT2D eigenvalue weighted by Gasteiger charge is 2.20. The normalized spacial score (nSPS) is 12.8. The maximum atomic E-state index is 10.7. The number of furan rings is 1. The molecule has 1 aromatic carbocycles. The van der Waals surface area contributed by atoms with Gasteiger partial charge in [-0.2, -0.15) is 0 Å². The monoisotopic (exact) mass is 281 g/mol. The Morgan fingerprint density at radius 1 is 1.00 bits per heavy atom. The maximum Gasteiger partial charge on any atom is 0.108 e. The van der Waals surface area contributed by atoms with E-state index >= 15 is 0 Å². The number of fused-ring (bicyclic) bond motifs is 1. The Hall–Kier alpha value is -2.13. The van der Waals surface area contributed by atoms with Crippen molar-refractivity contribution in [1.29, 1.82) is 0 Å². The molecule has 0 radical (unpaired) electrons. The predicted molar refractivity (Wildman–Crippen MR) is 83.5 cm³/mol. The van der Waals surface area contributed by atoms with E-state index in [4.69, 9.17) is 4.42 Å². The number of aliphatic hydroxyl groups is 1. The standard InChI is InChI=1S/C18H19NO2/c1-10-5-6-14-9-15(7-8-16(14)19-10)18(20)17-11(2)12(3)21-13(17)4/h5-9,18,20H,1-4H3. The highest BCUT2D eigenvalue weighted by molar-refractivity contribution is 5.79. The second-order valence-corrected chi connectivity index (χ2v) is 5.56. The Morgan fingerprint density at radius 3 is 2.43 bits per heavy atom. The van der Waals surface area contributed by atoms with Crippen LogP contribution in [0, 0.1) is 27.7 Å². The number of benzene rings is 1. The zero-order chi connectivity index (χ0) is 15.1. The fraction of sp³-hybridized carbons (Fsp3) is 0.278. The van der Waals surface area contributed by atoms with Crippen LogP contribution in [0.1, 0.15) is 40.0 Å². The summed E-state index contributed by atoms with van der Waals surface area (Å²) >= 11 is 0. The van der Waals surface area contributed by atoms with Crippen molar-refractivity contribution in [2.45, 2.75) is 33.8 Å². The molecule has 0 amide bonds. The summed E-state index contributed by atoms with van der Waals surface area (Å²) in [4.78, 5) is 4.49. The van der Waals surface area contributed by atoms with Gasteiger partial charge in [-0.15, -0.1) is 0 Å². The van der Waals surface area contributed by atoms with Crippen molar-refractivity contribution in [2.75, 3.05) is 0 Å². The van der Waals surface area contributed by atoms with Gasteiger partial charge in [-0.25, -0.2) is 0 Å². The minimum Gasteiger partial charge on any atom is -0.466 e. The minimum atomic E-state index is -0.673. The molecule has 0 aliphatic carbocycles. The lowest BCUT2D eigenvalue weighted by molar-refractivity contribution is 0.217. The first kappa shape index (κ1) is 13.8. The Bertz CT molecular complexity index is 817. The van der Waals surface area contributed by atoms with Crippen LogP contribution >= 0.6 is 0 Å². The summed E-state index contributed by atoms with van der Waals surface area (Å²) in [5.41, 5.74) is 4.69. The Morgan fingerprint density at radius 2 is 1.76 bits per heavy atom. The second-order valence-electron chi connectivity index (χ2n) is 5.56. The van der Waals surface area contributed by atoms with Crippen molar-refractivity contribution in [3.8, 4) is 0 Å². The molecule has 21 heavy (non-hydrogen) atoms. The molecule has 0 aliphatic rings. The molecular formula is C18H19NO2. The Balaban J connectivity index is 2.09. The molecular weight excluding hydrogens is 262 g/mol. The highest BCUT2D eigenvalue weighted by Crippen LogP contribution is 2.32. The van der Waals surface area contributed by atoms with Gasteiger partial charge < -0.3 is 9.52 Å². The Labute approximate surface area is 124 Å². The van der Waals surface area contributed by atoms with Gasteiger partial charge in [-0.1, -0.05) is 12.1 Å². The quantitative estimate of drug-likeness (QED) is 0.767. The van der Waals surface area contributed by atoms with Crippen LogP contribution in [-0.2, 0) is 0 Å². The second kappa shape index (κ2) is 5.01. The van der Waals surface area contributed by atoms with Crippen LogP contribution in [0.3, 0.4) is 0 Å². The van der Waals surface area contributed by atoms with Crippen LogP contribution in [0.5, 0.6) is 0 Å². The lowest BCUT2D eigenvalue weighted by Crippen LogP contribution is -2.02. The van der Waals surface area contributed by atoms with Crippen LogP contribution in [0.25, 0.3) is 10.9 Å². The van der Waals surface area contributed by atoms with Crippen LogP contribution in [0.4, 0.5) is 0 Å². The fourth-order valence-electron chi connectivity index (χ4n) is 2.80. The van der Waals surface area contributed by atoms with E-state index in [1.165, 1.54) is 0 Å². The van der Waals surface area contributed by atoms with E-state index in [2.05, 4.69) is 4.98 Å². The fourth-order valence-corrected chi connectivity index (χ4v) is 2.80. The number of aliphatic hydroxyl groups excluding tert-OH is 1. The number of rotatable bonds is 2. The van der Waals surface area contributed by atoms with Gasteiger partial charge in [-0.05, 0) is 57.0 Å². The number of hydrogen-bond donors (Lipinski definition) is 1. The van der Waals surface area contributed by atoms with Crippen LogP contribution < -0.4 is 0 Å². The summed E-state index contributed by atoms with van der Waals surface area (Å²) in [7, 11) is 0. The molecule has 0 saturated heterocycles. The SMILES string of the molecule is Cc1ccc2cc(C(O)c3c(C)oc(C)c3C)ccc2n1. The number of nitrogens with zero attached hydrogens (tertiary/aromatic N) is 1. The molecule has 1 atom stereocenters. The molecule has 3 nitrogen and oxygen atoms in total. The molecule has 2 heterocycles. The molecule has 3 aromatic rings. The molecule has 1 N–H and O–H groups in total. The third-order valence-corrected chi connectivity index (χ3v) is 4.06. The van der Waals surface area contributed by atoms with E-state index in [1.807, 2.05) is 58.0 Å². The first-order valence-electron chi connectivity index (χ1n) is 7.09. The van der Waals surface area contributed by atoms with Gasteiger partial charge >= 0.3 is 0 Å². The first-order valence-corrected chi connectivity index (χ1v) is 7.09. The van der Waals surface area contributed by atoms with Crippen molar-refractivity contribution in [3.63, 3.8) is 0 Å². The van der Waals surface area contributed by atoms with Gasteiger partial charge in [-0.3, -0.25) is 4.98 Å². The summed E-state index contributed by atoms with van der Waals surface area (Å²) in [6, 6.07) is 9.90. The molecule has 1 unspecified atom stereocenters. The summed E-state index contributed by atoms with van der Waals surface area (Å²) in [5.74, 6) is 1.64. The number of aromatic nitrogens is 1. The number of hydrogen-bond acceptors (Lipinski definition) is 3. The van der Waals surface area contributed by atoms with Crippen LogP contribution in [0.2, 0.25) is 0 Å². The van der Waals surface area contributed by atoms with Crippen LogP contribution in [-0.4, -0.2) is 10.1 Å². The maximum absolute atomic E-state index is 10.7. The molecule has 0 saturated carbocycles. The minimum absolute atomic E-state index is 0.673. The number of pyridine rings is 1. The van der Waals surface area contributed by atoms with E-state index in [0.29, 0.717) is 0 Å². The van der Waals surface area contributed by atoms with Gasteiger partial charge in [0, 0.05) is 16.6 Å². The molecule has 3 rings (SSSR count). The van der Waals surface area contributed by atoms with Gasteiger partial charge in [0.1, 0.15) is 17.6 Å². The zero-order valence-corrected chi connectivity index (χ0v) is 12.8. The summed E-state index contributed by atoms with van der Waals surface area (Å²) < 4.78 is 5.62. The molecule has 0 spiro atoms. The first-order chi connectivity index (χ1) is 9.97.